The molecule has 0 unspecified atom stereocenters. The first-order chi connectivity index (χ1) is 9.92. The van der Waals surface area contributed by atoms with E-state index in [0.29, 0.717) is 5.69 Å². The number of rotatable bonds is 6. The first kappa shape index (κ1) is 16.5. The Morgan fingerprint density at radius 2 is 1.86 bits per heavy atom. The molecule has 1 aromatic rings. The van der Waals surface area contributed by atoms with Crippen molar-refractivity contribution in [2.45, 2.75) is 26.3 Å². The van der Waals surface area contributed by atoms with Crippen molar-refractivity contribution in [3.63, 3.8) is 0 Å². The predicted octanol–water partition coefficient (Wildman–Crippen LogP) is 1.25. The molecule has 0 fully saturated rings. The third-order valence-electron chi connectivity index (χ3n) is 2.74. The molecule has 1 aromatic carbocycles. The fraction of sp³-hybridized carbons (Fsp3) is 0.357. The summed E-state index contributed by atoms with van der Waals surface area (Å²) < 4.78 is 4.89. The minimum Gasteiger partial charge on any atom is -0.452 e. The molecule has 0 aliphatic heterocycles. The van der Waals surface area contributed by atoms with E-state index in [9.17, 15) is 14.4 Å². The lowest BCUT2D eigenvalue weighted by Crippen LogP contribution is -2.35. The number of urea groups is 1. The molecular formula is C14H19N3O4. The van der Waals surface area contributed by atoms with Gasteiger partial charge in [0.1, 0.15) is 0 Å². The third-order valence-corrected chi connectivity index (χ3v) is 2.74. The van der Waals surface area contributed by atoms with Crippen LogP contribution in [0, 0.1) is 0 Å². The van der Waals surface area contributed by atoms with E-state index in [1.54, 1.807) is 0 Å². The van der Waals surface area contributed by atoms with Gasteiger partial charge in [0.15, 0.2) is 6.61 Å². The minimum atomic E-state index is -0.688. The van der Waals surface area contributed by atoms with Gasteiger partial charge in [-0.05, 0) is 37.6 Å². The molecule has 7 nitrogen and oxygen atoms in total. The van der Waals surface area contributed by atoms with Gasteiger partial charge in [0, 0.05) is 11.7 Å². The maximum Gasteiger partial charge on any atom is 0.338 e. The number of hydrogen-bond acceptors (Lipinski definition) is 4. The molecule has 0 saturated heterocycles. The van der Waals surface area contributed by atoms with E-state index in [2.05, 4.69) is 10.6 Å². The lowest BCUT2D eigenvalue weighted by atomic mass is 10.2. The zero-order valence-corrected chi connectivity index (χ0v) is 12.0. The average Bonchev–Trinajstić information content (AvgIpc) is 2.44. The van der Waals surface area contributed by atoms with Crippen LogP contribution >= 0.6 is 0 Å². The van der Waals surface area contributed by atoms with Crippen molar-refractivity contribution in [3.05, 3.63) is 29.8 Å². The monoisotopic (exact) mass is 293 g/mol. The van der Waals surface area contributed by atoms with Gasteiger partial charge in [0.25, 0.3) is 5.91 Å². The van der Waals surface area contributed by atoms with Gasteiger partial charge < -0.3 is 21.1 Å². The zero-order chi connectivity index (χ0) is 15.8. The Bertz CT molecular complexity index is 513. The van der Waals surface area contributed by atoms with Crippen molar-refractivity contribution in [1.82, 2.24) is 5.32 Å². The van der Waals surface area contributed by atoms with Crippen LogP contribution in [0.1, 0.15) is 30.6 Å². The van der Waals surface area contributed by atoms with Crippen molar-refractivity contribution >= 4 is 23.6 Å². The number of primary amides is 1. The highest BCUT2D eigenvalue weighted by Crippen LogP contribution is 2.10. The lowest BCUT2D eigenvalue weighted by Gasteiger charge is -2.11. The van der Waals surface area contributed by atoms with Crippen molar-refractivity contribution in [2.24, 2.45) is 5.73 Å². The van der Waals surface area contributed by atoms with Crippen LogP contribution in [0.3, 0.4) is 0 Å². The average molecular weight is 293 g/mol. The Hall–Kier alpha value is -2.57. The van der Waals surface area contributed by atoms with E-state index in [0.717, 1.165) is 6.42 Å². The Balaban J connectivity index is 2.48. The molecule has 0 aliphatic rings. The van der Waals surface area contributed by atoms with Crippen LogP contribution in [0.25, 0.3) is 0 Å². The molecule has 1 atom stereocenters. The molecule has 114 valence electrons. The van der Waals surface area contributed by atoms with Gasteiger partial charge in [-0.2, -0.15) is 0 Å². The number of ether oxygens (including phenoxy) is 1. The van der Waals surface area contributed by atoms with Crippen molar-refractivity contribution in [3.8, 4) is 0 Å². The molecule has 0 aromatic heterocycles. The van der Waals surface area contributed by atoms with Gasteiger partial charge in [0.2, 0.25) is 0 Å². The van der Waals surface area contributed by atoms with Crippen LogP contribution in [0.5, 0.6) is 0 Å². The lowest BCUT2D eigenvalue weighted by molar-refractivity contribution is -0.124. The minimum absolute atomic E-state index is 0.0374. The number of nitrogens with one attached hydrogen (secondary N) is 2. The normalized spacial score (nSPS) is 11.3. The van der Waals surface area contributed by atoms with E-state index in [1.165, 1.54) is 24.3 Å². The molecule has 1 rings (SSSR count). The molecule has 0 spiro atoms. The van der Waals surface area contributed by atoms with Crippen LogP contribution < -0.4 is 16.4 Å². The van der Waals surface area contributed by atoms with Crippen molar-refractivity contribution < 1.29 is 19.1 Å². The molecule has 0 radical (unpaired) electrons. The Kier molecular flexibility index (Phi) is 6.19. The number of nitrogens with two attached hydrogens (primary N) is 1. The number of esters is 1. The standard InChI is InChI=1S/C14H19N3O4/c1-3-9(2)16-12(18)8-21-13(19)10-4-6-11(7-5-10)17-14(15)20/h4-7,9H,3,8H2,1-2H3,(H,16,18)(H3,15,17,20)/t9-/m0/s1. The van der Waals surface area contributed by atoms with Gasteiger partial charge in [-0.25, -0.2) is 9.59 Å². The van der Waals surface area contributed by atoms with Crippen LogP contribution in [-0.4, -0.2) is 30.6 Å². The molecule has 3 amide bonds. The fourth-order valence-electron chi connectivity index (χ4n) is 1.46. The summed E-state index contributed by atoms with van der Waals surface area (Å²) in [5.41, 5.74) is 5.71. The molecule has 21 heavy (non-hydrogen) atoms. The highest BCUT2D eigenvalue weighted by Gasteiger charge is 2.11. The predicted molar refractivity (Wildman–Crippen MR) is 77.8 cm³/mol. The molecule has 0 bridgehead atoms. The second-order valence-corrected chi connectivity index (χ2v) is 4.52. The third kappa shape index (κ3) is 5.94. The smallest absolute Gasteiger partial charge is 0.338 e. The van der Waals surface area contributed by atoms with Gasteiger partial charge in [-0.3, -0.25) is 4.79 Å². The number of carbonyl (C=O) groups is 3. The maximum absolute atomic E-state index is 11.7. The molecular weight excluding hydrogens is 274 g/mol. The Morgan fingerprint density at radius 1 is 1.24 bits per heavy atom. The van der Waals surface area contributed by atoms with E-state index >= 15 is 0 Å². The Morgan fingerprint density at radius 3 is 2.38 bits per heavy atom. The second kappa shape index (κ2) is 7.88. The number of amides is 3. The van der Waals surface area contributed by atoms with Crippen molar-refractivity contribution in [2.75, 3.05) is 11.9 Å². The summed E-state index contributed by atoms with van der Waals surface area (Å²) in [6, 6.07) is 5.32. The fourth-order valence-corrected chi connectivity index (χ4v) is 1.46. The molecule has 0 aliphatic carbocycles. The second-order valence-electron chi connectivity index (χ2n) is 4.52. The molecule has 0 heterocycles. The summed E-state index contributed by atoms with van der Waals surface area (Å²) in [6.07, 6.45) is 0.800. The van der Waals surface area contributed by atoms with E-state index in [4.69, 9.17) is 10.5 Å². The molecule has 7 heteroatoms. The first-order valence-corrected chi connectivity index (χ1v) is 6.55. The number of carbonyl (C=O) groups excluding carboxylic acids is 3. The highest BCUT2D eigenvalue weighted by molar-refractivity contribution is 5.93. The zero-order valence-electron chi connectivity index (χ0n) is 12.0. The summed E-state index contributed by atoms with van der Waals surface area (Å²) in [6.45, 7) is 3.48. The van der Waals surface area contributed by atoms with Gasteiger partial charge in [-0.15, -0.1) is 0 Å². The topological polar surface area (TPSA) is 111 Å². The maximum atomic E-state index is 11.7. The molecule has 4 N–H and O–H groups in total. The van der Waals surface area contributed by atoms with Gasteiger partial charge in [-0.1, -0.05) is 6.92 Å². The summed E-state index contributed by atoms with van der Waals surface area (Å²) in [5.74, 6) is -0.954. The highest BCUT2D eigenvalue weighted by atomic mass is 16.5. The first-order valence-electron chi connectivity index (χ1n) is 6.55. The van der Waals surface area contributed by atoms with Crippen LogP contribution in [0.4, 0.5) is 10.5 Å². The summed E-state index contributed by atoms with van der Waals surface area (Å²) in [5, 5.41) is 5.06. The SMILES string of the molecule is CC[C@H](C)NC(=O)COC(=O)c1ccc(NC(N)=O)cc1. The summed E-state index contributed by atoms with van der Waals surface area (Å²) in [7, 11) is 0. The van der Waals surface area contributed by atoms with Crippen molar-refractivity contribution in [1.29, 1.82) is 0 Å². The number of benzene rings is 1. The quantitative estimate of drug-likeness (QED) is 0.685. The van der Waals surface area contributed by atoms with Crippen LogP contribution in [-0.2, 0) is 9.53 Å². The van der Waals surface area contributed by atoms with E-state index < -0.39 is 12.0 Å². The summed E-state index contributed by atoms with van der Waals surface area (Å²) in [4.78, 5) is 33.9. The molecule has 0 saturated carbocycles. The number of anilines is 1. The number of hydrogen-bond donors (Lipinski definition) is 3. The summed E-state index contributed by atoms with van der Waals surface area (Å²) >= 11 is 0. The van der Waals surface area contributed by atoms with Crippen LogP contribution in [0.2, 0.25) is 0 Å². The van der Waals surface area contributed by atoms with Gasteiger partial charge in [0.05, 0.1) is 5.56 Å². The van der Waals surface area contributed by atoms with E-state index in [1.807, 2.05) is 13.8 Å². The largest absolute Gasteiger partial charge is 0.452 e. The van der Waals surface area contributed by atoms with E-state index in [-0.39, 0.29) is 24.1 Å². The van der Waals surface area contributed by atoms with Gasteiger partial charge >= 0.3 is 12.0 Å². The Labute approximate surface area is 122 Å². The van der Waals surface area contributed by atoms with Crippen LogP contribution in [0.15, 0.2) is 24.3 Å².